The third-order valence-corrected chi connectivity index (χ3v) is 1.91. The molecule has 2 rings (SSSR count). The summed E-state index contributed by atoms with van der Waals surface area (Å²) >= 11 is 0. The summed E-state index contributed by atoms with van der Waals surface area (Å²) in [6.45, 7) is 0. The zero-order chi connectivity index (χ0) is 9.80. The lowest BCUT2D eigenvalue weighted by Gasteiger charge is -2.07. The Bertz CT molecular complexity index is 369. The molecule has 2 heterocycles. The van der Waals surface area contributed by atoms with Gasteiger partial charge in [0, 0.05) is 30.7 Å². The van der Waals surface area contributed by atoms with Crippen LogP contribution in [-0.4, -0.2) is 19.9 Å². The normalized spacial score (nSPS) is 12.6. The van der Waals surface area contributed by atoms with E-state index in [2.05, 4.69) is 19.9 Å². The van der Waals surface area contributed by atoms with Crippen LogP contribution in [-0.2, 0) is 6.42 Å². The van der Waals surface area contributed by atoms with Gasteiger partial charge >= 0.3 is 0 Å². The molecule has 0 spiro atoms. The fraction of sp³-hybridized carbons (Fsp3) is 0.222. The fourth-order valence-electron chi connectivity index (χ4n) is 1.23. The number of aromatic amines is 1. The molecular formula is C9H11N5. The van der Waals surface area contributed by atoms with Crippen molar-refractivity contribution in [1.82, 2.24) is 19.9 Å². The summed E-state index contributed by atoms with van der Waals surface area (Å²) in [5, 5.41) is 0. The average molecular weight is 189 g/mol. The third-order valence-electron chi connectivity index (χ3n) is 1.91. The quantitative estimate of drug-likeness (QED) is 0.734. The van der Waals surface area contributed by atoms with Crippen LogP contribution in [0.15, 0.2) is 31.0 Å². The van der Waals surface area contributed by atoms with Crippen molar-refractivity contribution in [2.45, 2.75) is 12.5 Å². The number of hydrogen-bond acceptors (Lipinski definition) is 4. The van der Waals surface area contributed by atoms with E-state index < -0.39 is 0 Å². The highest BCUT2D eigenvalue weighted by Gasteiger charge is 2.09. The maximum absolute atomic E-state index is 5.91. The molecule has 72 valence electrons. The van der Waals surface area contributed by atoms with Gasteiger partial charge in [-0.15, -0.1) is 0 Å². The van der Waals surface area contributed by atoms with E-state index in [1.165, 1.54) is 0 Å². The molecule has 0 aromatic carbocycles. The number of nitrogens with one attached hydrogen (secondary N) is 1. The first-order chi connectivity index (χ1) is 6.86. The maximum Gasteiger partial charge on any atom is 0.145 e. The van der Waals surface area contributed by atoms with Crippen molar-refractivity contribution < 1.29 is 0 Å². The summed E-state index contributed by atoms with van der Waals surface area (Å²) < 4.78 is 0. The van der Waals surface area contributed by atoms with Crippen LogP contribution in [0.3, 0.4) is 0 Å². The van der Waals surface area contributed by atoms with Crippen LogP contribution in [0, 0.1) is 0 Å². The number of nitrogens with two attached hydrogens (primary N) is 1. The van der Waals surface area contributed by atoms with E-state index in [-0.39, 0.29) is 6.04 Å². The van der Waals surface area contributed by atoms with E-state index in [1.54, 1.807) is 31.0 Å². The van der Waals surface area contributed by atoms with Crippen molar-refractivity contribution in [3.05, 3.63) is 42.5 Å². The van der Waals surface area contributed by atoms with Gasteiger partial charge in [0.2, 0.25) is 0 Å². The molecule has 1 atom stereocenters. The Hall–Kier alpha value is -1.75. The molecule has 3 N–H and O–H groups in total. The van der Waals surface area contributed by atoms with Gasteiger partial charge in [-0.1, -0.05) is 0 Å². The van der Waals surface area contributed by atoms with Gasteiger partial charge in [-0.2, -0.15) is 0 Å². The minimum absolute atomic E-state index is 0.184. The predicted octanol–water partition coefficient (Wildman–Crippen LogP) is 0.442. The average Bonchev–Trinajstić information content (AvgIpc) is 2.72. The molecule has 0 bridgehead atoms. The first kappa shape index (κ1) is 8.83. The zero-order valence-electron chi connectivity index (χ0n) is 7.59. The molecule has 0 amide bonds. The highest BCUT2D eigenvalue weighted by Crippen LogP contribution is 2.08. The number of rotatable bonds is 3. The molecule has 0 unspecified atom stereocenters. The van der Waals surface area contributed by atoms with E-state index in [0.29, 0.717) is 12.2 Å². The molecule has 0 aliphatic rings. The minimum atomic E-state index is -0.184. The number of hydrogen-bond donors (Lipinski definition) is 2. The van der Waals surface area contributed by atoms with Crippen molar-refractivity contribution >= 4 is 0 Å². The number of imidazole rings is 1. The Labute approximate surface area is 81.4 Å². The van der Waals surface area contributed by atoms with Gasteiger partial charge in [0.15, 0.2) is 0 Å². The molecule has 0 radical (unpaired) electrons. The van der Waals surface area contributed by atoms with Crippen molar-refractivity contribution in [3.63, 3.8) is 0 Å². The number of aromatic nitrogens is 4. The molecular weight excluding hydrogens is 178 g/mol. The van der Waals surface area contributed by atoms with E-state index in [0.717, 1.165) is 5.69 Å². The lowest BCUT2D eigenvalue weighted by molar-refractivity contribution is 0.658. The van der Waals surface area contributed by atoms with Gasteiger partial charge in [-0.25, -0.2) is 15.0 Å². The van der Waals surface area contributed by atoms with Crippen molar-refractivity contribution in [2.24, 2.45) is 5.73 Å². The van der Waals surface area contributed by atoms with Crippen LogP contribution in [0.25, 0.3) is 0 Å². The van der Waals surface area contributed by atoms with E-state index >= 15 is 0 Å². The standard InChI is InChI=1S/C9H11N5/c10-8(4-7-5-11-6-14-7)9-12-2-1-3-13-9/h1-3,5-6,8H,4,10H2,(H,11,14)/t8-/m0/s1. The number of nitrogens with zero attached hydrogens (tertiary/aromatic N) is 3. The molecule has 0 saturated carbocycles. The van der Waals surface area contributed by atoms with Gasteiger partial charge in [-0.05, 0) is 6.07 Å². The second-order valence-corrected chi connectivity index (χ2v) is 2.99. The van der Waals surface area contributed by atoms with Crippen LogP contribution < -0.4 is 5.73 Å². The Balaban J connectivity index is 2.07. The Kier molecular flexibility index (Phi) is 2.51. The highest BCUT2D eigenvalue weighted by molar-refractivity contribution is 5.03. The van der Waals surface area contributed by atoms with Gasteiger partial charge in [0.05, 0.1) is 12.4 Å². The summed E-state index contributed by atoms with van der Waals surface area (Å²) in [6.07, 6.45) is 7.44. The third kappa shape index (κ3) is 1.94. The molecule has 5 nitrogen and oxygen atoms in total. The first-order valence-electron chi connectivity index (χ1n) is 4.36. The predicted molar refractivity (Wildman–Crippen MR) is 51.3 cm³/mol. The lowest BCUT2D eigenvalue weighted by Crippen LogP contribution is -2.16. The summed E-state index contributed by atoms with van der Waals surface area (Å²) in [5.74, 6) is 0.655. The van der Waals surface area contributed by atoms with Gasteiger partial charge in [0.25, 0.3) is 0 Å². The fourth-order valence-corrected chi connectivity index (χ4v) is 1.23. The van der Waals surface area contributed by atoms with Crippen LogP contribution in [0.5, 0.6) is 0 Å². The van der Waals surface area contributed by atoms with Gasteiger partial charge in [0.1, 0.15) is 5.82 Å². The van der Waals surface area contributed by atoms with Gasteiger partial charge in [-0.3, -0.25) is 0 Å². The summed E-state index contributed by atoms with van der Waals surface area (Å²) in [5.41, 5.74) is 6.90. The topological polar surface area (TPSA) is 80.5 Å². The molecule has 2 aromatic rings. The van der Waals surface area contributed by atoms with E-state index in [1.807, 2.05) is 0 Å². The molecule has 0 aliphatic carbocycles. The van der Waals surface area contributed by atoms with Crippen molar-refractivity contribution in [1.29, 1.82) is 0 Å². The Morgan fingerprint density at radius 2 is 2.14 bits per heavy atom. The van der Waals surface area contributed by atoms with Crippen LogP contribution >= 0.6 is 0 Å². The smallest absolute Gasteiger partial charge is 0.145 e. The van der Waals surface area contributed by atoms with Crippen LogP contribution in [0.4, 0.5) is 0 Å². The number of H-pyrrole nitrogens is 1. The molecule has 0 aliphatic heterocycles. The highest BCUT2D eigenvalue weighted by atomic mass is 14.9. The molecule has 0 saturated heterocycles. The minimum Gasteiger partial charge on any atom is -0.348 e. The second kappa shape index (κ2) is 3.97. The Morgan fingerprint density at radius 1 is 1.36 bits per heavy atom. The van der Waals surface area contributed by atoms with Crippen molar-refractivity contribution in [2.75, 3.05) is 0 Å². The lowest BCUT2D eigenvalue weighted by atomic mass is 10.1. The van der Waals surface area contributed by atoms with E-state index in [9.17, 15) is 0 Å². The summed E-state index contributed by atoms with van der Waals surface area (Å²) in [6, 6.07) is 1.59. The van der Waals surface area contributed by atoms with Crippen LogP contribution in [0.2, 0.25) is 0 Å². The molecule has 5 heteroatoms. The van der Waals surface area contributed by atoms with Gasteiger partial charge < -0.3 is 10.7 Å². The van der Waals surface area contributed by atoms with E-state index in [4.69, 9.17) is 5.73 Å². The molecule has 2 aromatic heterocycles. The summed E-state index contributed by atoms with van der Waals surface area (Å²) in [7, 11) is 0. The zero-order valence-corrected chi connectivity index (χ0v) is 7.59. The van der Waals surface area contributed by atoms with Crippen molar-refractivity contribution in [3.8, 4) is 0 Å². The Morgan fingerprint density at radius 3 is 2.79 bits per heavy atom. The van der Waals surface area contributed by atoms with Crippen LogP contribution in [0.1, 0.15) is 17.6 Å². The summed E-state index contributed by atoms with van der Waals surface area (Å²) in [4.78, 5) is 15.1. The SMILES string of the molecule is N[C@@H](Cc1cnc[nH]1)c1ncccn1. The second-order valence-electron chi connectivity index (χ2n) is 2.99. The first-order valence-corrected chi connectivity index (χ1v) is 4.36. The molecule has 0 fully saturated rings. The molecule has 14 heavy (non-hydrogen) atoms. The maximum atomic E-state index is 5.91. The monoisotopic (exact) mass is 189 g/mol. The largest absolute Gasteiger partial charge is 0.348 e.